The first kappa shape index (κ1) is 18.4. The first-order valence-corrected chi connectivity index (χ1v) is 7.09. The van der Waals surface area contributed by atoms with E-state index in [0.717, 1.165) is 39.1 Å². The fraction of sp³-hybridized carbons (Fsp3) is 0.929. The molecule has 5 nitrogen and oxygen atoms in total. The molecule has 0 radical (unpaired) electrons. The molecule has 1 atom stereocenters. The number of likely N-dealkylation sites (N-methyl/N-ethyl adjacent to an activating group) is 1. The normalized spacial score (nSPS) is 14.4. The average Bonchev–Trinajstić information content (AvgIpc) is 2.37. The van der Waals surface area contributed by atoms with Crippen LogP contribution in [0.3, 0.4) is 0 Å². The van der Waals surface area contributed by atoms with Crippen LogP contribution >= 0.6 is 0 Å². The average molecular weight is 274 g/mol. The molecule has 0 aliphatic rings. The van der Waals surface area contributed by atoms with Crippen molar-refractivity contribution in [3.05, 3.63) is 0 Å². The van der Waals surface area contributed by atoms with Gasteiger partial charge in [-0.05, 0) is 40.3 Å². The van der Waals surface area contributed by atoms with Gasteiger partial charge in [0.25, 0.3) is 0 Å². The monoisotopic (exact) mass is 274 g/mol. The summed E-state index contributed by atoms with van der Waals surface area (Å²) >= 11 is 0. The third kappa shape index (κ3) is 7.50. The van der Waals surface area contributed by atoms with Crippen molar-refractivity contribution in [3.63, 3.8) is 0 Å². The van der Waals surface area contributed by atoms with Crippen LogP contribution in [0, 0.1) is 0 Å². The van der Waals surface area contributed by atoms with Gasteiger partial charge >= 0.3 is 5.97 Å². The molecule has 0 spiro atoms. The largest absolute Gasteiger partial charge is 0.465 e. The molecule has 5 heteroatoms. The number of methoxy groups -OCH3 is 1. The molecule has 0 aliphatic heterocycles. The zero-order valence-corrected chi connectivity index (χ0v) is 13.1. The van der Waals surface area contributed by atoms with Crippen molar-refractivity contribution < 1.29 is 14.3 Å². The van der Waals surface area contributed by atoms with Crippen LogP contribution in [0.15, 0.2) is 0 Å². The first-order chi connectivity index (χ1) is 9.00. The minimum Gasteiger partial charge on any atom is -0.465 e. The van der Waals surface area contributed by atoms with E-state index in [0.29, 0.717) is 6.61 Å². The molecule has 1 N–H and O–H groups in total. The maximum absolute atomic E-state index is 12.0. The molecule has 0 rings (SSSR count). The van der Waals surface area contributed by atoms with Gasteiger partial charge in [0.1, 0.15) is 5.54 Å². The number of hydrogen-bond donors (Lipinski definition) is 1. The fourth-order valence-corrected chi connectivity index (χ4v) is 1.95. The van der Waals surface area contributed by atoms with Crippen molar-refractivity contribution in [2.24, 2.45) is 0 Å². The Bertz CT molecular complexity index is 249. The quantitative estimate of drug-likeness (QED) is 0.454. The summed E-state index contributed by atoms with van der Waals surface area (Å²) in [5, 5.41) is 3.24. The summed E-state index contributed by atoms with van der Waals surface area (Å²) in [6.45, 7) is 9.52. The van der Waals surface area contributed by atoms with Gasteiger partial charge in [-0.1, -0.05) is 6.92 Å². The highest BCUT2D eigenvalue weighted by molar-refractivity contribution is 5.80. The molecular weight excluding hydrogens is 244 g/mol. The van der Waals surface area contributed by atoms with Crippen molar-refractivity contribution in [2.45, 2.75) is 39.2 Å². The van der Waals surface area contributed by atoms with E-state index in [-0.39, 0.29) is 5.97 Å². The standard InChI is InChI=1S/C14H30N2O3/c1-6-15-14(3,13(17)19-7-2)9-11-16(4)10-8-12-18-5/h15H,6-12H2,1-5H3. The van der Waals surface area contributed by atoms with Crippen molar-refractivity contribution in [1.29, 1.82) is 0 Å². The Morgan fingerprint density at radius 2 is 2.00 bits per heavy atom. The topological polar surface area (TPSA) is 50.8 Å². The SMILES string of the molecule is CCNC(C)(CCN(C)CCCOC)C(=O)OCC. The Morgan fingerprint density at radius 3 is 2.53 bits per heavy atom. The third-order valence-electron chi connectivity index (χ3n) is 3.17. The van der Waals surface area contributed by atoms with Crippen molar-refractivity contribution >= 4 is 5.97 Å². The van der Waals surface area contributed by atoms with E-state index < -0.39 is 5.54 Å². The van der Waals surface area contributed by atoms with Crippen LogP contribution in [0.4, 0.5) is 0 Å². The Labute approximate surface area is 117 Å². The number of nitrogens with zero attached hydrogens (tertiary/aromatic N) is 1. The van der Waals surface area contributed by atoms with Gasteiger partial charge in [0, 0.05) is 26.8 Å². The van der Waals surface area contributed by atoms with Gasteiger partial charge < -0.3 is 19.7 Å². The second-order valence-corrected chi connectivity index (χ2v) is 4.98. The number of nitrogens with one attached hydrogen (secondary N) is 1. The van der Waals surface area contributed by atoms with Gasteiger partial charge in [-0.25, -0.2) is 0 Å². The number of hydrogen-bond acceptors (Lipinski definition) is 5. The van der Waals surface area contributed by atoms with E-state index in [2.05, 4.69) is 17.3 Å². The lowest BCUT2D eigenvalue weighted by atomic mass is 9.97. The van der Waals surface area contributed by atoms with Crippen molar-refractivity contribution in [3.8, 4) is 0 Å². The van der Waals surface area contributed by atoms with Crippen LogP contribution < -0.4 is 5.32 Å². The molecule has 0 aromatic heterocycles. The van der Waals surface area contributed by atoms with Crippen molar-refractivity contribution in [1.82, 2.24) is 10.2 Å². The van der Waals surface area contributed by atoms with Gasteiger partial charge in [0.15, 0.2) is 0 Å². The first-order valence-electron chi connectivity index (χ1n) is 7.09. The lowest BCUT2D eigenvalue weighted by Crippen LogP contribution is -2.52. The fourth-order valence-electron chi connectivity index (χ4n) is 1.95. The summed E-state index contributed by atoms with van der Waals surface area (Å²) in [5.41, 5.74) is -0.597. The number of rotatable bonds is 11. The summed E-state index contributed by atoms with van der Waals surface area (Å²) in [5.74, 6) is -0.165. The van der Waals surface area contributed by atoms with Crippen molar-refractivity contribution in [2.75, 3.05) is 47.0 Å². The van der Waals surface area contributed by atoms with E-state index in [1.807, 2.05) is 20.8 Å². The van der Waals surface area contributed by atoms with Gasteiger partial charge in [0.2, 0.25) is 0 Å². The predicted molar refractivity (Wildman–Crippen MR) is 77.3 cm³/mol. The molecule has 0 fully saturated rings. The van der Waals surface area contributed by atoms with E-state index in [4.69, 9.17) is 9.47 Å². The molecule has 0 aromatic rings. The Morgan fingerprint density at radius 1 is 1.32 bits per heavy atom. The highest BCUT2D eigenvalue weighted by atomic mass is 16.5. The molecule has 0 aliphatic carbocycles. The minimum absolute atomic E-state index is 0.165. The Hall–Kier alpha value is -0.650. The smallest absolute Gasteiger partial charge is 0.326 e. The van der Waals surface area contributed by atoms with Crippen LogP contribution in [-0.2, 0) is 14.3 Å². The maximum Gasteiger partial charge on any atom is 0.326 e. The van der Waals surface area contributed by atoms with Gasteiger partial charge in [-0.15, -0.1) is 0 Å². The third-order valence-corrected chi connectivity index (χ3v) is 3.17. The highest BCUT2D eigenvalue weighted by Gasteiger charge is 2.33. The number of esters is 1. The van der Waals surface area contributed by atoms with E-state index in [1.165, 1.54) is 0 Å². The molecule has 19 heavy (non-hydrogen) atoms. The maximum atomic E-state index is 12.0. The molecule has 1 unspecified atom stereocenters. The number of carbonyl (C=O) groups is 1. The summed E-state index contributed by atoms with van der Waals surface area (Å²) in [7, 11) is 3.77. The zero-order chi connectivity index (χ0) is 14.7. The summed E-state index contributed by atoms with van der Waals surface area (Å²) in [6.07, 6.45) is 1.74. The molecular formula is C14H30N2O3. The van der Waals surface area contributed by atoms with Gasteiger partial charge in [-0.3, -0.25) is 4.79 Å². The molecule has 0 amide bonds. The number of carbonyl (C=O) groups excluding carboxylic acids is 1. The van der Waals surface area contributed by atoms with E-state index in [1.54, 1.807) is 7.11 Å². The van der Waals surface area contributed by atoms with E-state index >= 15 is 0 Å². The summed E-state index contributed by atoms with van der Waals surface area (Å²) in [6, 6.07) is 0. The minimum atomic E-state index is -0.597. The van der Waals surface area contributed by atoms with Crippen LogP contribution in [0.25, 0.3) is 0 Å². The Kier molecular flexibility index (Phi) is 9.83. The summed E-state index contributed by atoms with van der Waals surface area (Å²) in [4.78, 5) is 14.2. The second-order valence-electron chi connectivity index (χ2n) is 4.98. The molecule has 0 aromatic carbocycles. The molecule has 0 saturated carbocycles. The van der Waals surface area contributed by atoms with Crippen LogP contribution in [-0.4, -0.2) is 63.4 Å². The summed E-state index contributed by atoms with van der Waals surface area (Å²) < 4.78 is 10.2. The van der Waals surface area contributed by atoms with Gasteiger partial charge in [-0.2, -0.15) is 0 Å². The number of ether oxygens (including phenoxy) is 2. The predicted octanol–water partition coefficient (Wildman–Crippen LogP) is 1.28. The Balaban J connectivity index is 4.22. The molecule has 114 valence electrons. The lowest BCUT2D eigenvalue weighted by Gasteiger charge is -2.30. The lowest BCUT2D eigenvalue weighted by molar-refractivity contribution is -0.151. The van der Waals surface area contributed by atoms with Gasteiger partial charge in [0.05, 0.1) is 6.61 Å². The molecule has 0 bridgehead atoms. The molecule has 0 saturated heterocycles. The molecule has 0 heterocycles. The van der Waals surface area contributed by atoms with E-state index in [9.17, 15) is 4.79 Å². The highest BCUT2D eigenvalue weighted by Crippen LogP contribution is 2.13. The zero-order valence-electron chi connectivity index (χ0n) is 13.1. The van der Waals surface area contributed by atoms with Crippen LogP contribution in [0.5, 0.6) is 0 Å². The second kappa shape index (κ2) is 10.2. The van der Waals surface area contributed by atoms with Crippen LogP contribution in [0.1, 0.15) is 33.6 Å². The van der Waals surface area contributed by atoms with Crippen LogP contribution in [0.2, 0.25) is 0 Å².